The molecule has 2 heterocycles. The van der Waals surface area contributed by atoms with E-state index in [1.165, 1.54) is 11.8 Å². The Kier molecular flexibility index (Phi) is 4.90. The number of carbonyl (C=O) groups excluding carboxylic acids is 1. The molecule has 2 unspecified atom stereocenters. The summed E-state index contributed by atoms with van der Waals surface area (Å²) in [4.78, 5) is 17.9. The summed E-state index contributed by atoms with van der Waals surface area (Å²) >= 11 is 1.42. The number of fused-ring (bicyclic) bond motifs is 1. The molecule has 7 heteroatoms. The number of hydrogen-bond acceptors (Lipinski definition) is 4. The monoisotopic (exact) mass is 316 g/mol. The van der Waals surface area contributed by atoms with Gasteiger partial charge >= 0.3 is 0 Å². The second kappa shape index (κ2) is 6.30. The minimum absolute atomic E-state index is 0.00215. The zero-order valence-corrected chi connectivity index (χ0v) is 13.3. The Morgan fingerprint density at radius 2 is 2.30 bits per heavy atom. The first-order chi connectivity index (χ1) is 9.46. The van der Waals surface area contributed by atoms with Gasteiger partial charge in [0.05, 0.1) is 17.5 Å². The summed E-state index contributed by atoms with van der Waals surface area (Å²) in [6.45, 7) is 6.26. The minimum Gasteiger partial charge on any atom is -0.342 e. The van der Waals surface area contributed by atoms with E-state index in [-0.39, 0.29) is 28.7 Å². The SMILES string of the molecule is C=CCN1C(=NC(=O)CCCC)SC2CS(=O)(=O)CC21. The third-order valence-electron chi connectivity index (χ3n) is 3.47. The fourth-order valence-corrected chi connectivity index (χ4v) is 6.46. The summed E-state index contributed by atoms with van der Waals surface area (Å²) in [5.41, 5.74) is 0. The highest BCUT2D eigenvalue weighted by molar-refractivity contribution is 8.15. The maximum absolute atomic E-state index is 11.8. The fourth-order valence-electron chi connectivity index (χ4n) is 2.48. The maximum atomic E-state index is 11.8. The molecule has 2 rings (SSSR count). The molecule has 0 aromatic carbocycles. The molecule has 0 bridgehead atoms. The highest BCUT2D eigenvalue weighted by Gasteiger charge is 2.48. The Morgan fingerprint density at radius 3 is 2.95 bits per heavy atom. The van der Waals surface area contributed by atoms with E-state index in [9.17, 15) is 13.2 Å². The van der Waals surface area contributed by atoms with Crippen LogP contribution in [0.15, 0.2) is 17.6 Å². The highest BCUT2D eigenvalue weighted by atomic mass is 32.2. The third kappa shape index (κ3) is 3.44. The van der Waals surface area contributed by atoms with Crippen LogP contribution in [0.1, 0.15) is 26.2 Å². The average molecular weight is 316 g/mol. The van der Waals surface area contributed by atoms with Crippen LogP contribution in [0, 0.1) is 0 Å². The van der Waals surface area contributed by atoms with Crippen LogP contribution in [0.3, 0.4) is 0 Å². The van der Waals surface area contributed by atoms with Crippen LogP contribution >= 0.6 is 11.8 Å². The smallest absolute Gasteiger partial charge is 0.248 e. The Labute approximate surface area is 124 Å². The van der Waals surface area contributed by atoms with Gasteiger partial charge in [0.15, 0.2) is 15.0 Å². The number of hydrogen-bond donors (Lipinski definition) is 0. The molecule has 0 aromatic rings. The van der Waals surface area contributed by atoms with Crippen molar-refractivity contribution in [2.24, 2.45) is 4.99 Å². The Bertz CT molecular complexity index is 528. The predicted molar refractivity (Wildman–Crippen MR) is 82.7 cm³/mol. The zero-order chi connectivity index (χ0) is 14.8. The molecule has 5 nitrogen and oxygen atoms in total. The lowest BCUT2D eigenvalue weighted by molar-refractivity contribution is -0.117. The molecule has 0 radical (unpaired) electrons. The summed E-state index contributed by atoms with van der Waals surface area (Å²) in [6.07, 6.45) is 3.97. The molecule has 2 aliphatic rings. The van der Waals surface area contributed by atoms with Crippen molar-refractivity contribution < 1.29 is 13.2 Å². The first-order valence-corrected chi connectivity index (χ1v) is 9.53. The van der Waals surface area contributed by atoms with Gasteiger partial charge in [-0.25, -0.2) is 8.42 Å². The van der Waals surface area contributed by atoms with Gasteiger partial charge in [0.2, 0.25) is 5.91 Å². The zero-order valence-electron chi connectivity index (χ0n) is 11.6. The first kappa shape index (κ1) is 15.6. The van der Waals surface area contributed by atoms with Crippen molar-refractivity contribution in [3.8, 4) is 0 Å². The summed E-state index contributed by atoms with van der Waals surface area (Å²) < 4.78 is 23.4. The summed E-state index contributed by atoms with van der Waals surface area (Å²) in [5, 5.41) is 0.661. The van der Waals surface area contributed by atoms with Crippen LogP contribution in [-0.4, -0.2) is 53.7 Å². The van der Waals surface area contributed by atoms with Gasteiger partial charge < -0.3 is 4.90 Å². The van der Waals surface area contributed by atoms with E-state index in [0.29, 0.717) is 18.1 Å². The van der Waals surface area contributed by atoms with Crippen molar-refractivity contribution in [2.45, 2.75) is 37.5 Å². The van der Waals surface area contributed by atoms with Crippen LogP contribution in [0.25, 0.3) is 0 Å². The van der Waals surface area contributed by atoms with Crippen LogP contribution in [0.4, 0.5) is 0 Å². The maximum Gasteiger partial charge on any atom is 0.248 e. The summed E-state index contributed by atoms with van der Waals surface area (Å²) in [5.74, 6) is 0.213. The normalized spacial score (nSPS) is 29.6. The average Bonchev–Trinajstić information content (AvgIpc) is 2.81. The number of rotatable bonds is 5. The molecular formula is C13H20N2O3S2. The summed E-state index contributed by atoms with van der Waals surface area (Å²) in [7, 11) is -2.96. The number of amidine groups is 1. The molecule has 0 spiro atoms. The van der Waals surface area contributed by atoms with Crippen LogP contribution in [-0.2, 0) is 14.6 Å². The van der Waals surface area contributed by atoms with E-state index in [0.717, 1.165) is 12.8 Å². The van der Waals surface area contributed by atoms with Crippen molar-refractivity contribution in [1.82, 2.24) is 4.90 Å². The van der Waals surface area contributed by atoms with Gasteiger partial charge in [-0.3, -0.25) is 4.79 Å². The number of aliphatic imine (C=N–C) groups is 1. The predicted octanol–water partition coefficient (Wildman–Crippen LogP) is 1.46. The number of amides is 1. The number of thioether (sulfide) groups is 1. The Morgan fingerprint density at radius 1 is 1.55 bits per heavy atom. The quantitative estimate of drug-likeness (QED) is 0.718. The van der Waals surface area contributed by atoms with E-state index < -0.39 is 9.84 Å². The van der Waals surface area contributed by atoms with Crippen molar-refractivity contribution in [3.63, 3.8) is 0 Å². The molecule has 2 fully saturated rings. The van der Waals surface area contributed by atoms with Gasteiger partial charge in [0.1, 0.15) is 0 Å². The number of unbranched alkanes of at least 4 members (excludes halogenated alkanes) is 1. The molecule has 0 saturated carbocycles. The van der Waals surface area contributed by atoms with Gasteiger partial charge in [0.25, 0.3) is 0 Å². The minimum atomic E-state index is -2.96. The lowest BCUT2D eigenvalue weighted by Gasteiger charge is -2.22. The summed E-state index contributed by atoms with van der Waals surface area (Å²) in [6, 6.07) is -0.0688. The molecule has 2 saturated heterocycles. The van der Waals surface area contributed by atoms with E-state index in [2.05, 4.69) is 11.6 Å². The molecule has 0 N–H and O–H groups in total. The largest absolute Gasteiger partial charge is 0.342 e. The molecule has 2 aliphatic heterocycles. The topological polar surface area (TPSA) is 66.8 Å². The second-order valence-electron chi connectivity index (χ2n) is 5.13. The molecular weight excluding hydrogens is 296 g/mol. The van der Waals surface area contributed by atoms with Crippen molar-refractivity contribution in [2.75, 3.05) is 18.1 Å². The van der Waals surface area contributed by atoms with Gasteiger partial charge in [-0.15, -0.1) is 6.58 Å². The van der Waals surface area contributed by atoms with Crippen LogP contribution < -0.4 is 0 Å². The Balaban J connectivity index is 2.13. The third-order valence-corrected chi connectivity index (χ3v) is 6.71. The van der Waals surface area contributed by atoms with Gasteiger partial charge in [-0.1, -0.05) is 31.2 Å². The van der Waals surface area contributed by atoms with Crippen molar-refractivity contribution in [3.05, 3.63) is 12.7 Å². The second-order valence-corrected chi connectivity index (χ2v) is 8.49. The van der Waals surface area contributed by atoms with Crippen LogP contribution in [0.5, 0.6) is 0 Å². The van der Waals surface area contributed by atoms with Crippen molar-refractivity contribution >= 4 is 32.7 Å². The van der Waals surface area contributed by atoms with E-state index in [1.54, 1.807) is 6.08 Å². The van der Waals surface area contributed by atoms with E-state index >= 15 is 0 Å². The fraction of sp³-hybridized carbons (Fsp3) is 0.692. The number of nitrogens with zero attached hydrogens (tertiary/aromatic N) is 2. The lowest BCUT2D eigenvalue weighted by Crippen LogP contribution is -2.37. The molecule has 1 amide bonds. The molecule has 2 atom stereocenters. The first-order valence-electron chi connectivity index (χ1n) is 6.83. The van der Waals surface area contributed by atoms with Crippen LogP contribution in [0.2, 0.25) is 0 Å². The molecule has 0 aromatic heterocycles. The van der Waals surface area contributed by atoms with Gasteiger partial charge in [-0.05, 0) is 6.42 Å². The van der Waals surface area contributed by atoms with Crippen molar-refractivity contribution in [1.29, 1.82) is 0 Å². The molecule has 112 valence electrons. The van der Waals surface area contributed by atoms with Gasteiger partial charge in [-0.2, -0.15) is 4.99 Å². The molecule has 20 heavy (non-hydrogen) atoms. The van der Waals surface area contributed by atoms with E-state index in [1.807, 2.05) is 11.8 Å². The number of carbonyl (C=O) groups is 1. The standard InChI is InChI=1S/C13H20N2O3S2/c1-3-5-6-12(16)14-13-15(7-4-2)10-8-20(17,18)9-11(10)19-13/h4,10-11H,2-3,5-9H2,1H3. The number of sulfone groups is 1. The Hall–Kier alpha value is -0.820. The highest BCUT2D eigenvalue weighted by Crippen LogP contribution is 2.38. The van der Waals surface area contributed by atoms with Gasteiger partial charge in [0, 0.05) is 18.2 Å². The van der Waals surface area contributed by atoms with E-state index in [4.69, 9.17) is 0 Å². The lowest BCUT2D eigenvalue weighted by atomic mass is 10.2. The molecule has 0 aliphatic carbocycles.